The Labute approximate surface area is 137 Å². The van der Waals surface area contributed by atoms with Gasteiger partial charge in [-0.3, -0.25) is 0 Å². The van der Waals surface area contributed by atoms with Gasteiger partial charge in [0, 0.05) is 18.6 Å². The van der Waals surface area contributed by atoms with Crippen LogP contribution in [0, 0.1) is 0 Å². The van der Waals surface area contributed by atoms with Crippen LogP contribution in [0.2, 0.25) is 5.02 Å². The minimum atomic E-state index is -4.47. The summed E-state index contributed by atoms with van der Waals surface area (Å²) < 4.78 is 63.9. The summed E-state index contributed by atoms with van der Waals surface area (Å²) in [5.41, 5.74) is -0.573. The van der Waals surface area contributed by atoms with Crippen LogP contribution in [0.1, 0.15) is 11.1 Å². The molecule has 0 saturated carbocycles. The van der Waals surface area contributed by atoms with Crippen molar-refractivity contribution in [2.45, 2.75) is 17.6 Å². The fourth-order valence-electron chi connectivity index (χ4n) is 2.00. The van der Waals surface area contributed by atoms with E-state index in [1.54, 1.807) is 0 Å². The quantitative estimate of drug-likeness (QED) is 0.817. The Bertz CT molecular complexity index is 806. The van der Waals surface area contributed by atoms with Crippen LogP contribution in [0.5, 0.6) is 0 Å². The van der Waals surface area contributed by atoms with Crippen LogP contribution < -0.4 is 0 Å². The molecular formula is C15H13ClF3NO2S. The summed E-state index contributed by atoms with van der Waals surface area (Å²) in [6.07, 6.45) is -4.47. The molecule has 0 amide bonds. The normalized spacial score (nSPS) is 12.6. The fourth-order valence-corrected chi connectivity index (χ4v) is 3.46. The van der Waals surface area contributed by atoms with Gasteiger partial charge in [0.1, 0.15) is 0 Å². The van der Waals surface area contributed by atoms with E-state index in [0.717, 1.165) is 16.4 Å². The van der Waals surface area contributed by atoms with Gasteiger partial charge in [-0.2, -0.15) is 17.5 Å². The zero-order valence-electron chi connectivity index (χ0n) is 12.0. The summed E-state index contributed by atoms with van der Waals surface area (Å²) in [5.74, 6) is 0. The zero-order chi connectivity index (χ0) is 17.3. The zero-order valence-corrected chi connectivity index (χ0v) is 13.6. The fraction of sp³-hybridized carbons (Fsp3) is 0.200. The summed E-state index contributed by atoms with van der Waals surface area (Å²) in [5, 5.41) is 0.263. The second kappa shape index (κ2) is 6.51. The van der Waals surface area contributed by atoms with E-state index in [1.165, 1.54) is 43.4 Å². The number of alkyl halides is 3. The maximum Gasteiger partial charge on any atom is 0.416 e. The Morgan fingerprint density at radius 1 is 1.09 bits per heavy atom. The van der Waals surface area contributed by atoms with E-state index in [0.29, 0.717) is 0 Å². The molecule has 0 fully saturated rings. The van der Waals surface area contributed by atoms with Crippen molar-refractivity contribution in [3.63, 3.8) is 0 Å². The number of halogens is 4. The third-order valence-electron chi connectivity index (χ3n) is 3.16. The van der Waals surface area contributed by atoms with Gasteiger partial charge in [0.2, 0.25) is 10.0 Å². The number of sulfonamides is 1. The molecule has 8 heteroatoms. The Hall–Kier alpha value is -1.57. The molecule has 0 N–H and O–H groups in total. The summed E-state index contributed by atoms with van der Waals surface area (Å²) in [4.78, 5) is -0.0144. The highest BCUT2D eigenvalue weighted by Crippen LogP contribution is 2.30. The third kappa shape index (κ3) is 4.25. The number of hydrogen-bond acceptors (Lipinski definition) is 2. The van der Waals surface area contributed by atoms with Crippen LogP contribution in [-0.4, -0.2) is 19.8 Å². The maximum absolute atomic E-state index is 12.7. The molecule has 0 heterocycles. The number of nitrogens with zero attached hydrogens (tertiary/aromatic N) is 1. The SMILES string of the molecule is CN(Cc1cccc(C(F)(F)F)c1)S(=O)(=O)c1cccc(Cl)c1. The highest BCUT2D eigenvalue weighted by Gasteiger charge is 2.30. The molecule has 124 valence electrons. The first kappa shape index (κ1) is 17.8. The molecule has 3 nitrogen and oxygen atoms in total. The van der Waals surface area contributed by atoms with Gasteiger partial charge in [0.15, 0.2) is 0 Å². The minimum absolute atomic E-state index is 0.0144. The minimum Gasteiger partial charge on any atom is -0.207 e. The second-order valence-corrected chi connectivity index (χ2v) is 7.40. The average Bonchev–Trinajstić information content (AvgIpc) is 2.46. The van der Waals surface area contributed by atoms with Gasteiger partial charge in [0.25, 0.3) is 0 Å². The van der Waals surface area contributed by atoms with Crippen molar-refractivity contribution in [2.75, 3.05) is 7.05 Å². The summed E-state index contributed by atoms with van der Waals surface area (Å²) in [7, 11) is -2.54. The Morgan fingerprint density at radius 3 is 2.35 bits per heavy atom. The topological polar surface area (TPSA) is 37.4 Å². The molecule has 0 unspecified atom stereocenters. The Balaban J connectivity index is 2.27. The van der Waals surface area contributed by atoms with Gasteiger partial charge in [-0.15, -0.1) is 0 Å². The van der Waals surface area contributed by atoms with E-state index >= 15 is 0 Å². The molecule has 2 rings (SSSR count). The monoisotopic (exact) mass is 363 g/mol. The van der Waals surface area contributed by atoms with Crippen LogP contribution in [0.25, 0.3) is 0 Å². The second-order valence-electron chi connectivity index (χ2n) is 4.92. The van der Waals surface area contributed by atoms with Crippen molar-refractivity contribution in [1.82, 2.24) is 4.31 Å². The van der Waals surface area contributed by atoms with Crippen LogP contribution in [0.15, 0.2) is 53.4 Å². The van der Waals surface area contributed by atoms with Crippen LogP contribution in [0.4, 0.5) is 13.2 Å². The van der Waals surface area contributed by atoms with Crippen molar-refractivity contribution < 1.29 is 21.6 Å². The summed E-state index contributed by atoms with van der Waals surface area (Å²) in [6, 6.07) is 10.3. The molecule has 0 aliphatic carbocycles. The number of hydrogen-bond donors (Lipinski definition) is 0. The smallest absolute Gasteiger partial charge is 0.207 e. The molecule has 2 aromatic carbocycles. The van der Waals surface area contributed by atoms with Gasteiger partial charge in [-0.1, -0.05) is 35.9 Å². The number of rotatable bonds is 4. The van der Waals surface area contributed by atoms with Crippen LogP contribution >= 0.6 is 11.6 Å². The van der Waals surface area contributed by atoms with Crippen molar-refractivity contribution in [1.29, 1.82) is 0 Å². The van der Waals surface area contributed by atoms with E-state index in [9.17, 15) is 21.6 Å². The molecule has 0 spiro atoms. The molecule has 23 heavy (non-hydrogen) atoms. The third-order valence-corrected chi connectivity index (χ3v) is 5.20. The van der Waals surface area contributed by atoms with Gasteiger partial charge >= 0.3 is 6.18 Å². The van der Waals surface area contributed by atoms with E-state index in [-0.39, 0.29) is 22.0 Å². The first-order valence-electron chi connectivity index (χ1n) is 6.49. The first-order chi connectivity index (χ1) is 10.6. The molecule has 0 bridgehead atoms. The molecule has 0 radical (unpaired) electrons. The maximum atomic E-state index is 12.7. The largest absolute Gasteiger partial charge is 0.416 e. The van der Waals surface area contributed by atoms with Gasteiger partial charge in [0.05, 0.1) is 10.5 Å². The average molecular weight is 364 g/mol. The molecule has 0 aromatic heterocycles. The molecule has 0 saturated heterocycles. The van der Waals surface area contributed by atoms with Crippen LogP contribution in [-0.2, 0) is 22.7 Å². The van der Waals surface area contributed by atoms with E-state index in [1.807, 2.05) is 0 Å². The lowest BCUT2D eigenvalue weighted by molar-refractivity contribution is -0.137. The predicted molar refractivity (Wildman–Crippen MR) is 81.5 cm³/mol. The molecular weight excluding hydrogens is 351 g/mol. The highest BCUT2D eigenvalue weighted by atomic mass is 35.5. The van der Waals surface area contributed by atoms with Crippen molar-refractivity contribution in [3.8, 4) is 0 Å². The summed E-state index contributed by atoms with van der Waals surface area (Å²) in [6.45, 7) is -0.182. The van der Waals surface area contributed by atoms with Gasteiger partial charge < -0.3 is 0 Å². The Morgan fingerprint density at radius 2 is 1.74 bits per heavy atom. The van der Waals surface area contributed by atoms with Gasteiger partial charge in [-0.25, -0.2) is 8.42 Å². The molecule has 0 aliphatic heterocycles. The summed E-state index contributed by atoms with van der Waals surface area (Å²) >= 11 is 5.78. The molecule has 0 aliphatic rings. The molecule has 2 aromatic rings. The van der Waals surface area contributed by atoms with Crippen molar-refractivity contribution in [3.05, 3.63) is 64.7 Å². The van der Waals surface area contributed by atoms with E-state index in [4.69, 9.17) is 11.6 Å². The lowest BCUT2D eigenvalue weighted by Gasteiger charge is -2.18. The van der Waals surface area contributed by atoms with Crippen LogP contribution in [0.3, 0.4) is 0 Å². The predicted octanol–water partition coefficient (Wildman–Crippen LogP) is 4.18. The first-order valence-corrected chi connectivity index (χ1v) is 8.30. The standard InChI is InChI=1S/C15H13ClF3NO2S/c1-20(23(21,22)14-7-3-6-13(16)9-14)10-11-4-2-5-12(8-11)15(17,18)19/h2-9H,10H2,1H3. The van der Waals surface area contributed by atoms with Gasteiger partial charge in [-0.05, 0) is 29.8 Å². The Kier molecular flexibility index (Phi) is 5.03. The molecule has 0 atom stereocenters. The van der Waals surface area contributed by atoms with Crippen molar-refractivity contribution >= 4 is 21.6 Å². The van der Waals surface area contributed by atoms with E-state index in [2.05, 4.69) is 0 Å². The number of benzene rings is 2. The highest BCUT2D eigenvalue weighted by molar-refractivity contribution is 7.89. The lowest BCUT2D eigenvalue weighted by atomic mass is 10.1. The lowest BCUT2D eigenvalue weighted by Crippen LogP contribution is -2.26. The van der Waals surface area contributed by atoms with Crippen molar-refractivity contribution in [2.24, 2.45) is 0 Å². The van der Waals surface area contributed by atoms with E-state index < -0.39 is 21.8 Å².